The van der Waals surface area contributed by atoms with Crippen molar-refractivity contribution in [2.24, 2.45) is 45.3 Å². The number of aliphatic hydroxyl groups is 7. The van der Waals surface area contributed by atoms with E-state index >= 15 is 0 Å². The molecule has 7 N–H and O–H groups in total. The van der Waals surface area contributed by atoms with E-state index in [4.69, 9.17) is 23.7 Å². The van der Waals surface area contributed by atoms with Crippen LogP contribution in [0.25, 0.3) is 0 Å². The Bertz CT molecular complexity index is 1230. The van der Waals surface area contributed by atoms with Crippen molar-refractivity contribution in [1.29, 1.82) is 0 Å². The molecule has 0 aromatic carbocycles. The monoisotopic (exact) mass is 712 g/mol. The molecular weight excluding hydrogens is 648 g/mol. The van der Waals surface area contributed by atoms with E-state index in [-0.39, 0.29) is 27.8 Å². The molecule has 0 amide bonds. The number of allylic oxidation sites excluding steroid dienone is 1. The molecule has 4 aliphatic carbocycles. The summed E-state index contributed by atoms with van der Waals surface area (Å²) in [5.74, 6) is 2.19. The summed E-state index contributed by atoms with van der Waals surface area (Å²) in [6.07, 6.45) is -4.69. The highest BCUT2D eigenvalue weighted by Crippen LogP contribution is 2.75. The normalized spacial score (nSPS) is 52.4. The van der Waals surface area contributed by atoms with E-state index in [1.165, 1.54) is 31.3 Å². The third-order valence-corrected chi connectivity index (χ3v) is 15.2. The van der Waals surface area contributed by atoms with Gasteiger partial charge in [0.15, 0.2) is 12.6 Å². The molecule has 288 valence electrons. The van der Waals surface area contributed by atoms with Crippen molar-refractivity contribution in [3.05, 3.63) is 11.6 Å². The van der Waals surface area contributed by atoms with Crippen LogP contribution in [-0.2, 0) is 23.7 Å². The summed E-state index contributed by atoms with van der Waals surface area (Å²) >= 11 is 0. The lowest BCUT2D eigenvalue weighted by molar-refractivity contribution is -0.340. The number of ether oxygens (including phenoxy) is 5. The van der Waals surface area contributed by atoms with E-state index in [2.05, 4.69) is 47.6 Å². The van der Waals surface area contributed by atoms with Gasteiger partial charge in [0.05, 0.1) is 19.3 Å². The highest BCUT2D eigenvalue weighted by Gasteiger charge is 2.67. The Morgan fingerprint density at radius 1 is 0.780 bits per heavy atom. The van der Waals surface area contributed by atoms with E-state index in [0.717, 1.165) is 25.9 Å². The Morgan fingerprint density at radius 3 is 2.08 bits per heavy atom. The maximum atomic E-state index is 11.0. The van der Waals surface area contributed by atoms with Crippen molar-refractivity contribution < 1.29 is 59.4 Å². The van der Waals surface area contributed by atoms with Gasteiger partial charge in [-0.25, -0.2) is 0 Å². The zero-order valence-electron chi connectivity index (χ0n) is 31.0. The maximum Gasteiger partial charge on any atom is 0.187 e. The second-order valence-electron chi connectivity index (χ2n) is 17.9. The van der Waals surface area contributed by atoms with Gasteiger partial charge >= 0.3 is 0 Å². The molecule has 3 saturated carbocycles. The standard InChI is InChI=1S/C38H64O12/c1-19(17-46-7)20-12-13-38(6)25-10-8-21-22(36(25,4)14-15-37(20,38)5)9-11-26(35(21,2)3)50-34-32(45)30(43)28(41)24(49-34)18-47-33-31(44)29(42)27(40)23(16-39)48-33/h8,19-20,22-34,39-45H,9-18H2,1-7H3. The fraction of sp³-hybridized carbons (Fsp3) is 0.947. The van der Waals surface area contributed by atoms with Crippen LogP contribution in [0, 0.1) is 45.3 Å². The Balaban J connectivity index is 1.15. The molecule has 0 aromatic rings. The molecule has 12 nitrogen and oxygen atoms in total. The fourth-order valence-corrected chi connectivity index (χ4v) is 12.0. The maximum absolute atomic E-state index is 11.0. The number of fused-ring (bicyclic) bond motifs is 5. The van der Waals surface area contributed by atoms with E-state index in [1.807, 2.05) is 7.11 Å². The number of methoxy groups -OCH3 is 1. The van der Waals surface area contributed by atoms with E-state index in [1.54, 1.807) is 0 Å². The van der Waals surface area contributed by atoms with Crippen LogP contribution in [-0.4, -0.2) is 130 Å². The number of aliphatic hydroxyl groups excluding tert-OH is 7. The Labute approximate surface area is 297 Å². The highest BCUT2D eigenvalue weighted by molar-refractivity contribution is 5.30. The molecule has 2 aliphatic heterocycles. The summed E-state index contributed by atoms with van der Waals surface area (Å²) in [5.41, 5.74) is 1.70. The van der Waals surface area contributed by atoms with Crippen molar-refractivity contribution in [3.63, 3.8) is 0 Å². The van der Waals surface area contributed by atoms with Crippen molar-refractivity contribution in [2.75, 3.05) is 26.9 Å². The van der Waals surface area contributed by atoms with Crippen molar-refractivity contribution in [2.45, 2.75) is 154 Å². The minimum Gasteiger partial charge on any atom is -0.394 e. The molecule has 2 heterocycles. The summed E-state index contributed by atoms with van der Waals surface area (Å²) in [6.45, 7) is 14.2. The molecule has 0 bridgehead atoms. The van der Waals surface area contributed by atoms with Gasteiger partial charge in [-0.2, -0.15) is 0 Å². The summed E-state index contributed by atoms with van der Waals surface area (Å²) < 4.78 is 29.2. The summed E-state index contributed by atoms with van der Waals surface area (Å²) in [4.78, 5) is 0. The van der Waals surface area contributed by atoms with Crippen LogP contribution in [0.2, 0.25) is 0 Å². The summed E-state index contributed by atoms with van der Waals surface area (Å²) in [5, 5.41) is 72.7. The zero-order valence-corrected chi connectivity index (χ0v) is 31.0. The van der Waals surface area contributed by atoms with Gasteiger partial charge in [-0.1, -0.05) is 53.2 Å². The van der Waals surface area contributed by atoms with Gasteiger partial charge in [-0.05, 0) is 84.9 Å². The smallest absolute Gasteiger partial charge is 0.187 e. The van der Waals surface area contributed by atoms with Gasteiger partial charge in [0.2, 0.25) is 0 Å². The second-order valence-corrected chi connectivity index (χ2v) is 17.9. The van der Waals surface area contributed by atoms with Gasteiger partial charge < -0.3 is 59.4 Å². The first-order chi connectivity index (χ1) is 23.5. The Hall–Kier alpha value is -0.740. The number of rotatable bonds is 9. The topological polar surface area (TPSA) is 188 Å². The highest BCUT2D eigenvalue weighted by atomic mass is 16.7. The minimum atomic E-state index is -1.63. The number of hydrogen-bond acceptors (Lipinski definition) is 12. The van der Waals surface area contributed by atoms with Crippen LogP contribution >= 0.6 is 0 Å². The third-order valence-electron chi connectivity index (χ3n) is 15.2. The van der Waals surface area contributed by atoms with Gasteiger partial charge in [-0.15, -0.1) is 0 Å². The van der Waals surface area contributed by atoms with Crippen LogP contribution in [0.5, 0.6) is 0 Å². The molecule has 6 rings (SSSR count). The van der Waals surface area contributed by atoms with Gasteiger partial charge in [0.1, 0.15) is 48.8 Å². The predicted octanol–water partition coefficient (Wildman–Crippen LogP) is 1.88. The first-order valence-electron chi connectivity index (χ1n) is 18.9. The van der Waals surface area contributed by atoms with E-state index in [0.29, 0.717) is 23.7 Å². The molecule has 6 aliphatic rings. The van der Waals surface area contributed by atoms with Crippen LogP contribution in [0.4, 0.5) is 0 Å². The molecule has 0 aromatic heterocycles. The van der Waals surface area contributed by atoms with Crippen molar-refractivity contribution >= 4 is 0 Å². The van der Waals surface area contributed by atoms with Crippen molar-refractivity contribution in [3.8, 4) is 0 Å². The van der Waals surface area contributed by atoms with E-state index < -0.39 is 74.6 Å². The fourth-order valence-electron chi connectivity index (χ4n) is 12.0. The Morgan fingerprint density at radius 2 is 1.42 bits per heavy atom. The summed E-state index contributed by atoms with van der Waals surface area (Å²) in [7, 11) is 1.81. The molecule has 2 saturated heterocycles. The predicted molar refractivity (Wildman–Crippen MR) is 181 cm³/mol. The minimum absolute atomic E-state index is 0.161. The molecule has 0 spiro atoms. The molecule has 50 heavy (non-hydrogen) atoms. The lowest BCUT2D eigenvalue weighted by Gasteiger charge is -2.66. The van der Waals surface area contributed by atoms with Gasteiger partial charge in [0, 0.05) is 19.1 Å². The second kappa shape index (κ2) is 14.2. The van der Waals surface area contributed by atoms with Crippen LogP contribution < -0.4 is 0 Å². The molecule has 0 radical (unpaired) electrons. The van der Waals surface area contributed by atoms with Crippen LogP contribution in [0.1, 0.15) is 86.5 Å². The third kappa shape index (κ3) is 6.05. The lowest BCUT2D eigenvalue weighted by Crippen LogP contribution is -2.63. The van der Waals surface area contributed by atoms with E-state index in [9.17, 15) is 35.7 Å². The quantitative estimate of drug-likeness (QED) is 0.172. The molecule has 18 unspecified atom stereocenters. The molecule has 18 atom stereocenters. The summed E-state index contributed by atoms with van der Waals surface area (Å²) in [6, 6.07) is 0. The largest absolute Gasteiger partial charge is 0.394 e. The molecule has 12 heteroatoms. The first-order valence-corrected chi connectivity index (χ1v) is 18.9. The molecule has 5 fully saturated rings. The van der Waals surface area contributed by atoms with Gasteiger partial charge in [0.25, 0.3) is 0 Å². The zero-order chi connectivity index (χ0) is 36.6. The first kappa shape index (κ1) is 39.0. The SMILES string of the molecule is COCC(C)C1CCC2(C)C3CC=C4C(CCC(OC5OC(COC6OC(CO)C(O)C(O)C6O)C(O)C(O)C5O)C4(C)C)C3(C)CCC12C. The van der Waals surface area contributed by atoms with Crippen molar-refractivity contribution in [1.82, 2.24) is 0 Å². The average molecular weight is 713 g/mol. The lowest BCUT2D eigenvalue weighted by atomic mass is 9.39. The molecular formula is C38H64O12. The van der Waals surface area contributed by atoms with Crippen LogP contribution in [0.15, 0.2) is 11.6 Å². The van der Waals surface area contributed by atoms with Gasteiger partial charge in [-0.3, -0.25) is 0 Å². The number of hydrogen-bond donors (Lipinski definition) is 7. The van der Waals surface area contributed by atoms with Crippen LogP contribution in [0.3, 0.4) is 0 Å². The Kier molecular flexibility index (Phi) is 11.0. The average Bonchev–Trinajstić information content (AvgIpc) is 3.36.